The van der Waals surface area contributed by atoms with Crippen LogP contribution in [0.1, 0.15) is 29.5 Å². The summed E-state index contributed by atoms with van der Waals surface area (Å²) >= 11 is 6.39. The summed E-state index contributed by atoms with van der Waals surface area (Å²) < 4.78 is 17.0. The number of benzene rings is 2. The predicted octanol–water partition coefficient (Wildman–Crippen LogP) is 4.34. The molecule has 0 radical (unpaired) electrons. The summed E-state index contributed by atoms with van der Waals surface area (Å²) in [5, 5.41) is 0.481. The zero-order valence-electron chi connectivity index (χ0n) is 16.2. The zero-order valence-corrected chi connectivity index (χ0v) is 17.0. The van der Waals surface area contributed by atoms with E-state index in [2.05, 4.69) is 13.0 Å². The summed E-state index contributed by atoms with van der Waals surface area (Å²) in [7, 11) is 1.64. The molecule has 0 unspecified atom stereocenters. The number of hydrogen-bond donors (Lipinski definition) is 0. The van der Waals surface area contributed by atoms with Crippen LogP contribution in [0, 0.1) is 6.92 Å². The topological polar surface area (TPSA) is 48.0 Å². The van der Waals surface area contributed by atoms with Crippen molar-refractivity contribution in [1.82, 2.24) is 0 Å². The molecule has 4 rings (SSSR count). The molecule has 2 aliphatic heterocycles. The van der Waals surface area contributed by atoms with Gasteiger partial charge in [0.15, 0.2) is 11.5 Å². The summed E-state index contributed by atoms with van der Waals surface area (Å²) in [6, 6.07) is 7.65. The molecule has 0 fully saturated rings. The van der Waals surface area contributed by atoms with Crippen molar-refractivity contribution in [2.45, 2.75) is 32.6 Å². The molecule has 2 aromatic carbocycles. The monoisotopic (exact) mass is 401 g/mol. The normalized spacial score (nSPS) is 15.6. The number of amides is 1. The predicted molar refractivity (Wildman–Crippen MR) is 109 cm³/mol. The van der Waals surface area contributed by atoms with Gasteiger partial charge in [-0.1, -0.05) is 17.7 Å². The lowest BCUT2D eigenvalue weighted by atomic mass is 9.95. The lowest BCUT2D eigenvalue weighted by Crippen LogP contribution is -2.37. The SMILES string of the molecule is COc1ccc(C)c2c1N(C(=O)Cc1cc(Cl)c3c(c1)OCCCO3)CCC2. The minimum Gasteiger partial charge on any atom is -0.495 e. The van der Waals surface area contributed by atoms with Gasteiger partial charge in [-0.3, -0.25) is 4.79 Å². The third-order valence-corrected chi connectivity index (χ3v) is 5.58. The van der Waals surface area contributed by atoms with Crippen molar-refractivity contribution in [3.05, 3.63) is 46.0 Å². The van der Waals surface area contributed by atoms with Gasteiger partial charge in [-0.2, -0.15) is 0 Å². The van der Waals surface area contributed by atoms with Crippen molar-refractivity contribution in [3.8, 4) is 17.2 Å². The number of carbonyl (C=O) groups excluding carboxylic acids is 1. The minimum absolute atomic E-state index is 0.0235. The van der Waals surface area contributed by atoms with Gasteiger partial charge in [0, 0.05) is 13.0 Å². The third kappa shape index (κ3) is 3.51. The average molecular weight is 402 g/mol. The number of ether oxygens (including phenoxy) is 3. The van der Waals surface area contributed by atoms with Crippen LogP contribution in [0.3, 0.4) is 0 Å². The Bertz CT molecular complexity index is 912. The second-order valence-corrected chi connectivity index (χ2v) is 7.60. The molecule has 0 saturated heterocycles. The molecular weight excluding hydrogens is 378 g/mol. The molecule has 0 atom stereocenters. The summed E-state index contributed by atoms with van der Waals surface area (Å²) in [5.41, 5.74) is 4.10. The maximum atomic E-state index is 13.2. The largest absolute Gasteiger partial charge is 0.495 e. The Hall–Kier alpha value is -2.40. The van der Waals surface area contributed by atoms with Gasteiger partial charge >= 0.3 is 0 Å². The highest BCUT2D eigenvalue weighted by atomic mass is 35.5. The van der Waals surface area contributed by atoms with Crippen LogP contribution in [0.2, 0.25) is 5.02 Å². The average Bonchev–Trinajstić information content (AvgIpc) is 2.94. The first-order valence-corrected chi connectivity index (χ1v) is 10.0. The number of nitrogens with zero attached hydrogens (tertiary/aromatic N) is 1. The third-order valence-electron chi connectivity index (χ3n) is 5.30. The first kappa shape index (κ1) is 18.9. The second-order valence-electron chi connectivity index (χ2n) is 7.19. The van der Waals surface area contributed by atoms with Crippen LogP contribution in [0.5, 0.6) is 17.2 Å². The van der Waals surface area contributed by atoms with Crippen molar-refractivity contribution >= 4 is 23.2 Å². The summed E-state index contributed by atoms with van der Waals surface area (Å²) in [6.07, 6.45) is 2.95. The molecule has 5 nitrogen and oxygen atoms in total. The summed E-state index contributed by atoms with van der Waals surface area (Å²) in [5.74, 6) is 1.94. The molecule has 2 heterocycles. The highest BCUT2D eigenvalue weighted by Crippen LogP contribution is 2.40. The van der Waals surface area contributed by atoms with Gasteiger partial charge in [-0.25, -0.2) is 0 Å². The van der Waals surface area contributed by atoms with Crippen LogP contribution in [0.15, 0.2) is 24.3 Å². The van der Waals surface area contributed by atoms with Crippen molar-refractivity contribution in [2.75, 3.05) is 31.8 Å². The van der Waals surface area contributed by atoms with Crippen LogP contribution in [0.4, 0.5) is 5.69 Å². The van der Waals surface area contributed by atoms with Gasteiger partial charge in [0.2, 0.25) is 5.91 Å². The molecule has 0 bridgehead atoms. The fourth-order valence-electron chi connectivity index (χ4n) is 3.92. The number of halogens is 1. The molecule has 0 N–H and O–H groups in total. The van der Waals surface area contributed by atoms with E-state index in [9.17, 15) is 4.79 Å². The van der Waals surface area contributed by atoms with E-state index in [0.29, 0.717) is 36.3 Å². The van der Waals surface area contributed by atoms with E-state index >= 15 is 0 Å². The van der Waals surface area contributed by atoms with Crippen LogP contribution >= 0.6 is 11.6 Å². The van der Waals surface area contributed by atoms with E-state index in [0.717, 1.165) is 36.3 Å². The molecule has 2 aliphatic rings. The number of aryl methyl sites for hydroxylation is 1. The fourth-order valence-corrected chi connectivity index (χ4v) is 4.21. The molecule has 148 valence electrons. The second kappa shape index (κ2) is 7.92. The standard InChI is InChI=1S/C22H24ClNO4/c1-14-6-7-18(26-2)21-16(14)5-3-8-24(21)20(25)13-15-11-17(23)22-19(12-15)27-9-4-10-28-22/h6-7,11-12H,3-5,8-10,13H2,1-2H3. The van der Waals surface area contributed by atoms with Crippen molar-refractivity contribution in [3.63, 3.8) is 0 Å². The summed E-state index contributed by atoms with van der Waals surface area (Å²) in [6.45, 7) is 3.92. The summed E-state index contributed by atoms with van der Waals surface area (Å²) in [4.78, 5) is 15.1. The number of carbonyl (C=O) groups is 1. The molecular formula is C22H24ClNO4. The Morgan fingerprint density at radius 2 is 2.04 bits per heavy atom. The van der Waals surface area contributed by atoms with Gasteiger partial charge in [0.1, 0.15) is 5.75 Å². The van der Waals surface area contributed by atoms with Crippen molar-refractivity contribution in [1.29, 1.82) is 0 Å². The number of methoxy groups -OCH3 is 1. The van der Waals surface area contributed by atoms with Gasteiger partial charge in [-0.05, 0) is 54.7 Å². The highest BCUT2D eigenvalue weighted by molar-refractivity contribution is 6.32. The smallest absolute Gasteiger partial charge is 0.231 e. The molecule has 2 aromatic rings. The van der Waals surface area contributed by atoms with E-state index in [-0.39, 0.29) is 12.3 Å². The molecule has 0 aromatic heterocycles. The van der Waals surface area contributed by atoms with E-state index in [4.69, 9.17) is 25.8 Å². The molecule has 1 amide bonds. The van der Waals surface area contributed by atoms with Crippen LogP contribution in [-0.4, -0.2) is 32.8 Å². The maximum absolute atomic E-state index is 13.2. The van der Waals surface area contributed by atoms with Gasteiger partial charge in [0.05, 0.1) is 37.5 Å². The quantitative estimate of drug-likeness (QED) is 0.767. The van der Waals surface area contributed by atoms with E-state index < -0.39 is 0 Å². The Kier molecular flexibility index (Phi) is 5.36. The Morgan fingerprint density at radius 1 is 1.21 bits per heavy atom. The van der Waals surface area contributed by atoms with Crippen LogP contribution in [0.25, 0.3) is 0 Å². The van der Waals surface area contributed by atoms with Gasteiger partial charge < -0.3 is 19.1 Å². The van der Waals surface area contributed by atoms with Crippen LogP contribution in [-0.2, 0) is 17.6 Å². The van der Waals surface area contributed by atoms with E-state index in [1.54, 1.807) is 13.2 Å². The van der Waals surface area contributed by atoms with E-state index in [1.807, 2.05) is 17.0 Å². The first-order valence-electron chi connectivity index (χ1n) is 9.63. The lowest BCUT2D eigenvalue weighted by Gasteiger charge is -2.32. The Labute approximate surface area is 170 Å². The zero-order chi connectivity index (χ0) is 19.7. The van der Waals surface area contributed by atoms with E-state index in [1.165, 1.54) is 11.1 Å². The molecule has 6 heteroatoms. The van der Waals surface area contributed by atoms with Crippen LogP contribution < -0.4 is 19.1 Å². The first-order chi connectivity index (χ1) is 13.6. The number of hydrogen-bond acceptors (Lipinski definition) is 4. The minimum atomic E-state index is 0.0235. The lowest BCUT2D eigenvalue weighted by molar-refractivity contribution is -0.118. The molecule has 0 spiro atoms. The van der Waals surface area contributed by atoms with Gasteiger partial charge in [-0.15, -0.1) is 0 Å². The van der Waals surface area contributed by atoms with Gasteiger partial charge in [0.25, 0.3) is 0 Å². The van der Waals surface area contributed by atoms with Crippen molar-refractivity contribution < 1.29 is 19.0 Å². The number of fused-ring (bicyclic) bond motifs is 2. The maximum Gasteiger partial charge on any atom is 0.231 e. The fraction of sp³-hybridized carbons (Fsp3) is 0.409. The molecule has 28 heavy (non-hydrogen) atoms. The molecule has 0 saturated carbocycles. The number of anilines is 1. The number of rotatable bonds is 3. The Morgan fingerprint density at radius 3 is 2.86 bits per heavy atom. The molecule has 0 aliphatic carbocycles. The highest BCUT2D eigenvalue weighted by Gasteiger charge is 2.27. The Balaban J connectivity index is 1.63. The van der Waals surface area contributed by atoms with Crippen molar-refractivity contribution in [2.24, 2.45) is 0 Å².